The highest BCUT2D eigenvalue weighted by Crippen LogP contribution is 2.28. The zero-order valence-corrected chi connectivity index (χ0v) is 8.72. The Bertz CT molecular complexity index is 476. The summed E-state index contributed by atoms with van der Waals surface area (Å²) in [4.78, 5) is 0. The van der Waals surface area contributed by atoms with Gasteiger partial charge in [-0.25, -0.2) is 4.39 Å². The maximum atomic E-state index is 13.4. The highest BCUT2D eigenvalue weighted by molar-refractivity contribution is 5.82. The molecule has 2 N–H and O–H groups in total. The molecule has 3 heteroatoms. The minimum absolute atomic E-state index is 0.297. The average molecular weight is 207 g/mol. The molecule has 0 saturated heterocycles. The topological polar surface area (TPSA) is 39.2 Å². The number of rotatable bonds is 3. The maximum Gasteiger partial charge on any atom is 0.170 e. The van der Waals surface area contributed by atoms with Crippen molar-refractivity contribution in [2.75, 3.05) is 6.54 Å². The fourth-order valence-corrected chi connectivity index (χ4v) is 1.84. The standard InChI is InChI=1S/C12H14FNO/c1-8-9(5-3-7-14)10-4-2-6-11(13)12(10)15-8/h2,4,6H,3,5,7,14H2,1H3. The lowest BCUT2D eigenvalue weighted by Crippen LogP contribution is -2.00. The van der Waals surface area contributed by atoms with Gasteiger partial charge in [-0.3, -0.25) is 0 Å². The summed E-state index contributed by atoms with van der Waals surface area (Å²) in [5, 5.41) is 0.876. The molecule has 2 nitrogen and oxygen atoms in total. The van der Waals surface area contributed by atoms with Crippen LogP contribution in [0.5, 0.6) is 0 Å². The SMILES string of the molecule is Cc1oc2c(F)cccc2c1CCCN. The molecule has 1 aromatic heterocycles. The van der Waals surface area contributed by atoms with Crippen LogP contribution in [0.15, 0.2) is 22.6 Å². The predicted molar refractivity (Wildman–Crippen MR) is 58.3 cm³/mol. The molecule has 0 aliphatic carbocycles. The minimum atomic E-state index is -0.297. The van der Waals surface area contributed by atoms with Crippen molar-refractivity contribution >= 4 is 11.0 Å². The van der Waals surface area contributed by atoms with Gasteiger partial charge in [0, 0.05) is 10.9 Å². The lowest BCUT2D eigenvalue weighted by atomic mass is 10.1. The molecule has 1 heterocycles. The summed E-state index contributed by atoms with van der Waals surface area (Å²) < 4.78 is 18.8. The third-order valence-corrected chi connectivity index (χ3v) is 2.60. The van der Waals surface area contributed by atoms with E-state index in [9.17, 15) is 4.39 Å². The van der Waals surface area contributed by atoms with Crippen LogP contribution in [0.2, 0.25) is 0 Å². The van der Waals surface area contributed by atoms with E-state index in [1.165, 1.54) is 6.07 Å². The van der Waals surface area contributed by atoms with Crippen LogP contribution in [0.4, 0.5) is 4.39 Å². The number of hydrogen-bond acceptors (Lipinski definition) is 2. The van der Waals surface area contributed by atoms with Gasteiger partial charge >= 0.3 is 0 Å². The first-order valence-corrected chi connectivity index (χ1v) is 5.10. The van der Waals surface area contributed by atoms with Crippen molar-refractivity contribution in [3.05, 3.63) is 35.3 Å². The smallest absolute Gasteiger partial charge is 0.170 e. The van der Waals surface area contributed by atoms with Gasteiger partial charge in [0.15, 0.2) is 11.4 Å². The number of furan rings is 1. The van der Waals surface area contributed by atoms with Crippen LogP contribution in [-0.4, -0.2) is 6.54 Å². The number of halogens is 1. The first-order valence-electron chi connectivity index (χ1n) is 5.10. The molecule has 0 aliphatic rings. The van der Waals surface area contributed by atoms with Gasteiger partial charge < -0.3 is 10.2 Å². The first kappa shape index (κ1) is 10.2. The molecule has 0 aliphatic heterocycles. The van der Waals surface area contributed by atoms with Gasteiger partial charge in [0.1, 0.15) is 5.76 Å². The van der Waals surface area contributed by atoms with E-state index in [4.69, 9.17) is 10.2 Å². The largest absolute Gasteiger partial charge is 0.458 e. The van der Waals surface area contributed by atoms with Crippen molar-refractivity contribution in [3.8, 4) is 0 Å². The molecule has 0 amide bonds. The average Bonchev–Trinajstić information content (AvgIpc) is 2.54. The van der Waals surface area contributed by atoms with E-state index in [0.29, 0.717) is 12.1 Å². The summed E-state index contributed by atoms with van der Waals surface area (Å²) in [6.45, 7) is 2.51. The van der Waals surface area contributed by atoms with Gasteiger partial charge in [-0.05, 0) is 32.4 Å². The van der Waals surface area contributed by atoms with Crippen LogP contribution >= 0.6 is 0 Å². The lowest BCUT2D eigenvalue weighted by Gasteiger charge is -1.97. The van der Waals surface area contributed by atoms with Crippen LogP contribution in [0.25, 0.3) is 11.0 Å². The van der Waals surface area contributed by atoms with Crippen molar-refractivity contribution in [1.82, 2.24) is 0 Å². The Hall–Kier alpha value is -1.35. The molecule has 0 fully saturated rings. The Morgan fingerprint density at radius 2 is 2.20 bits per heavy atom. The van der Waals surface area contributed by atoms with Gasteiger partial charge in [0.2, 0.25) is 0 Å². The summed E-state index contributed by atoms with van der Waals surface area (Å²) in [6.07, 6.45) is 1.74. The van der Waals surface area contributed by atoms with Gasteiger partial charge in [-0.1, -0.05) is 12.1 Å². The molecule has 0 atom stereocenters. The number of para-hydroxylation sites is 1. The van der Waals surface area contributed by atoms with Crippen molar-refractivity contribution in [3.63, 3.8) is 0 Å². The van der Waals surface area contributed by atoms with Gasteiger partial charge in [-0.2, -0.15) is 0 Å². The summed E-state index contributed by atoms with van der Waals surface area (Å²) in [6, 6.07) is 5.01. The monoisotopic (exact) mass is 207 g/mol. The van der Waals surface area contributed by atoms with Gasteiger partial charge in [0.25, 0.3) is 0 Å². The molecular formula is C12H14FNO. The molecule has 2 aromatic rings. The van der Waals surface area contributed by atoms with E-state index in [2.05, 4.69) is 0 Å². The van der Waals surface area contributed by atoms with E-state index in [1.807, 2.05) is 13.0 Å². The minimum Gasteiger partial charge on any atom is -0.458 e. The first-order chi connectivity index (χ1) is 7.24. The third kappa shape index (κ3) is 1.75. The Morgan fingerprint density at radius 3 is 2.93 bits per heavy atom. The fraction of sp³-hybridized carbons (Fsp3) is 0.333. The molecule has 0 saturated carbocycles. The Morgan fingerprint density at radius 1 is 1.40 bits per heavy atom. The van der Waals surface area contributed by atoms with Gasteiger partial charge in [-0.15, -0.1) is 0 Å². The van der Waals surface area contributed by atoms with E-state index in [-0.39, 0.29) is 5.82 Å². The van der Waals surface area contributed by atoms with Crippen molar-refractivity contribution in [2.24, 2.45) is 5.73 Å². The van der Waals surface area contributed by atoms with Crippen molar-refractivity contribution in [2.45, 2.75) is 19.8 Å². The summed E-state index contributed by atoms with van der Waals surface area (Å²) >= 11 is 0. The summed E-state index contributed by atoms with van der Waals surface area (Å²) in [5.74, 6) is 0.498. The molecule has 2 rings (SSSR count). The second-order valence-electron chi connectivity index (χ2n) is 3.65. The normalized spacial score (nSPS) is 11.1. The Balaban J connectivity index is 2.53. The van der Waals surface area contributed by atoms with E-state index < -0.39 is 0 Å². The highest BCUT2D eigenvalue weighted by atomic mass is 19.1. The van der Waals surface area contributed by atoms with E-state index in [0.717, 1.165) is 29.6 Å². The maximum absolute atomic E-state index is 13.4. The molecule has 0 unspecified atom stereocenters. The molecule has 80 valence electrons. The number of benzene rings is 1. The quantitative estimate of drug-likeness (QED) is 0.840. The predicted octanol–water partition coefficient (Wildman–Crippen LogP) is 2.77. The van der Waals surface area contributed by atoms with Crippen LogP contribution < -0.4 is 5.73 Å². The van der Waals surface area contributed by atoms with Crippen molar-refractivity contribution < 1.29 is 8.81 Å². The number of hydrogen-bond donors (Lipinski definition) is 1. The van der Waals surface area contributed by atoms with Crippen LogP contribution in [0.1, 0.15) is 17.7 Å². The third-order valence-electron chi connectivity index (χ3n) is 2.60. The Kier molecular flexibility index (Phi) is 2.73. The number of nitrogens with two attached hydrogens (primary N) is 1. The summed E-state index contributed by atoms with van der Waals surface area (Å²) in [7, 11) is 0. The molecule has 0 bridgehead atoms. The van der Waals surface area contributed by atoms with E-state index >= 15 is 0 Å². The zero-order valence-electron chi connectivity index (χ0n) is 8.72. The molecule has 1 aromatic carbocycles. The number of fused-ring (bicyclic) bond motifs is 1. The number of aryl methyl sites for hydroxylation is 2. The van der Waals surface area contributed by atoms with Crippen LogP contribution in [0, 0.1) is 12.7 Å². The lowest BCUT2D eigenvalue weighted by molar-refractivity contribution is 0.534. The molecule has 15 heavy (non-hydrogen) atoms. The van der Waals surface area contributed by atoms with Crippen molar-refractivity contribution in [1.29, 1.82) is 0 Å². The second kappa shape index (κ2) is 4.03. The van der Waals surface area contributed by atoms with Crippen LogP contribution in [0.3, 0.4) is 0 Å². The highest BCUT2D eigenvalue weighted by Gasteiger charge is 2.12. The second-order valence-corrected chi connectivity index (χ2v) is 3.65. The zero-order chi connectivity index (χ0) is 10.8. The molecular weight excluding hydrogens is 193 g/mol. The van der Waals surface area contributed by atoms with E-state index in [1.54, 1.807) is 6.07 Å². The van der Waals surface area contributed by atoms with Gasteiger partial charge in [0.05, 0.1) is 0 Å². The molecule has 0 spiro atoms. The fourth-order valence-electron chi connectivity index (χ4n) is 1.84. The summed E-state index contributed by atoms with van der Waals surface area (Å²) in [5.41, 5.74) is 6.91. The Labute approximate surface area is 87.9 Å². The molecule has 0 radical (unpaired) electrons. The van der Waals surface area contributed by atoms with Crippen LogP contribution in [-0.2, 0) is 6.42 Å².